The lowest BCUT2D eigenvalue weighted by Crippen LogP contribution is -1.78. The number of hydrogen-bond donors (Lipinski definition) is 2. The van der Waals surface area contributed by atoms with Crippen molar-refractivity contribution in [2.45, 2.75) is 10.6 Å². The molecule has 3 rings (SSSR count). The van der Waals surface area contributed by atoms with Gasteiger partial charge in [0.25, 0.3) is 0 Å². The first-order valence-corrected chi connectivity index (χ1v) is 7.70. The summed E-state index contributed by atoms with van der Waals surface area (Å²) in [7, 11) is 0. The van der Waals surface area contributed by atoms with E-state index in [2.05, 4.69) is 17.5 Å². The smallest absolute Gasteiger partial charge is 0.158 e. The minimum atomic E-state index is -0.0773. The number of phenols is 2. The van der Waals surface area contributed by atoms with Gasteiger partial charge in [0.15, 0.2) is 11.5 Å². The van der Waals surface area contributed by atoms with Crippen LogP contribution in [-0.4, -0.2) is 10.2 Å². The van der Waals surface area contributed by atoms with Crippen molar-refractivity contribution >= 4 is 33.9 Å². The average molecular weight is 288 g/mol. The van der Waals surface area contributed by atoms with Crippen molar-refractivity contribution < 1.29 is 10.2 Å². The van der Waals surface area contributed by atoms with E-state index >= 15 is 0 Å². The molecule has 1 aromatic heterocycles. The number of phenolic OH excluding ortho intramolecular Hbond substituents is 2. The van der Waals surface area contributed by atoms with E-state index in [4.69, 9.17) is 0 Å². The van der Waals surface area contributed by atoms with Gasteiger partial charge < -0.3 is 10.2 Å². The summed E-state index contributed by atoms with van der Waals surface area (Å²) in [5.41, 5.74) is 0. The zero-order chi connectivity index (χ0) is 13.2. The summed E-state index contributed by atoms with van der Waals surface area (Å²) in [6, 6.07) is 13.4. The van der Waals surface area contributed by atoms with E-state index in [1.807, 2.05) is 18.2 Å². The number of thiophene rings is 1. The largest absolute Gasteiger partial charge is 0.504 e. The van der Waals surface area contributed by atoms with Crippen LogP contribution < -0.4 is 0 Å². The molecular weight excluding hydrogens is 276 g/mol. The highest BCUT2D eigenvalue weighted by molar-refractivity contribution is 7.98. The van der Waals surface area contributed by atoms with Crippen molar-refractivity contribution in [1.82, 2.24) is 0 Å². The second-order valence-electron chi connectivity index (χ2n) is 4.22. The molecule has 0 saturated carbocycles. The summed E-state index contributed by atoms with van der Waals surface area (Å²) in [6.45, 7) is 0. The number of hydrogen-bond acceptors (Lipinski definition) is 4. The molecule has 0 amide bonds. The number of rotatable bonds is 3. The second kappa shape index (κ2) is 5.15. The lowest BCUT2D eigenvalue weighted by Gasteiger charge is -2.05. The van der Waals surface area contributed by atoms with E-state index in [1.54, 1.807) is 35.2 Å². The molecule has 0 unspecified atom stereocenters. The van der Waals surface area contributed by atoms with Gasteiger partial charge in [-0.3, -0.25) is 0 Å². The highest BCUT2D eigenvalue weighted by atomic mass is 32.2. The van der Waals surface area contributed by atoms with Crippen molar-refractivity contribution in [1.29, 1.82) is 0 Å². The lowest BCUT2D eigenvalue weighted by molar-refractivity contribution is 0.405. The Kier molecular flexibility index (Phi) is 3.36. The molecule has 2 N–H and O–H groups in total. The monoisotopic (exact) mass is 288 g/mol. The van der Waals surface area contributed by atoms with E-state index in [9.17, 15) is 10.2 Å². The van der Waals surface area contributed by atoms with Gasteiger partial charge in [0.2, 0.25) is 0 Å². The third kappa shape index (κ3) is 2.69. The van der Waals surface area contributed by atoms with Crippen LogP contribution in [0.25, 0.3) is 10.8 Å². The first-order chi connectivity index (χ1) is 9.22. The molecule has 0 aliphatic heterocycles. The van der Waals surface area contributed by atoms with Gasteiger partial charge in [0, 0.05) is 15.5 Å². The molecule has 0 spiro atoms. The van der Waals surface area contributed by atoms with Gasteiger partial charge in [-0.05, 0) is 46.5 Å². The Morgan fingerprint density at radius 1 is 0.947 bits per heavy atom. The molecule has 3 aromatic rings. The standard InChI is InChI=1S/C15H12O2S2/c16-14-7-10-3-4-12(6-11(10)8-15(14)17)19-9-13-2-1-5-18-13/h1-8,16-17H,9H2. The third-order valence-corrected chi connectivity index (χ3v) is 4.97. The summed E-state index contributed by atoms with van der Waals surface area (Å²) in [4.78, 5) is 2.50. The zero-order valence-corrected chi connectivity index (χ0v) is 11.7. The molecule has 0 bridgehead atoms. The number of fused-ring (bicyclic) bond motifs is 1. The lowest BCUT2D eigenvalue weighted by atomic mass is 10.1. The van der Waals surface area contributed by atoms with Crippen LogP contribution in [0.4, 0.5) is 0 Å². The Morgan fingerprint density at radius 2 is 1.74 bits per heavy atom. The van der Waals surface area contributed by atoms with Crippen molar-refractivity contribution in [2.75, 3.05) is 0 Å². The summed E-state index contributed by atoms with van der Waals surface area (Å²) in [5, 5.41) is 22.9. The Morgan fingerprint density at radius 3 is 2.47 bits per heavy atom. The molecule has 0 radical (unpaired) electrons. The Hall–Kier alpha value is -1.65. The van der Waals surface area contributed by atoms with Gasteiger partial charge in [-0.25, -0.2) is 0 Å². The second-order valence-corrected chi connectivity index (χ2v) is 6.30. The summed E-state index contributed by atoms with van der Waals surface area (Å²) >= 11 is 3.53. The molecule has 4 heteroatoms. The minimum absolute atomic E-state index is 0.0760. The van der Waals surface area contributed by atoms with E-state index in [0.29, 0.717) is 0 Å². The van der Waals surface area contributed by atoms with Crippen LogP contribution in [-0.2, 0) is 5.75 Å². The SMILES string of the molecule is Oc1cc2ccc(SCc3cccs3)cc2cc1O. The topological polar surface area (TPSA) is 40.5 Å². The van der Waals surface area contributed by atoms with Crippen molar-refractivity contribution in [3.63, 3.8) is 0 Å². The van der Waals surface area contributed by atoms with Crippen LogP contribution in [0.3, 0.4) is 0 Å². The maximum absolute atomic E-state index is 9.53. The predicted octanol–water partition coefficient (Wildman–Crippen LogP) is 4.60. The molecule has 1 heterocycles. The fraction of sp³-hybridized carbons (Fsp3) is 0.0667. The predicted molar refractivity (Wildman–Crippen MR) is 81.2 cm³/mol. The summed E-state index contributed by atoms with van der Waals surface area (Å²) in [6.07, 6.45) is 0. The quantitative estimate of drug-likeness (QED) is 0.546. The highest BCUT2D eigenvalue weighted by Crippen LogP contribution is 2.33. The normalized spacial score (nSPS) is 10.9. The summed E-state index contributed by atoms with van der Waals surface area (Å²) in [5.74, 6) is 0.798. The van der Waals surface area contributed by atoms with Crippen molar-refractivity contribution in [2.24, 2.45) is 0 Å². The highest BCUT2D eigenvalue weighted by Gasteiger charge is 2.04. The zero-order valence-electron chi connectivity index (χ0n) is 10.0. The maximum Gasteiger partial charge on any atom is 0.158 e. The molecule has 96 valence electrons. The average Bonchev–Trinajstić information content (AvgIpc) is 2.91. The first-order valence-electron chi connectivity index (χ1n) is 5.83. The minimum Gasteiger partial charge on any atom is -0.504 e. The van der Waals surface area contributed by atoms with E-state index in [-0.39, 0.29) is 11.5 Å². The molecule has 0 aliphatic carbocycles. The third-order valence-electron chi connectivity index (χ3n) is 2.87. The van der Waals surface area contributed by atoms with Crippen LogP contribution >= 0.6 is 23.1 Å². The number of benzene rings is 2. The Bertz CT molecular complexity index is 705. The fourth-order valence-corrected chi connectivity index (χ4v) is 3.61. The van der Waals surface area contributed by atoms with Gasteiger partial charge in [-0.15, -0.1) is 23.1 Å². The summed E-state index contributed by atoms with van der Waals surface area (Å²) < 4.78 is 0. The van der Waals surface area contributed by atoms with Crippen LogP contribution in [0, 0.1) is 0 Å². The van der Waals surface area contributed by atoms with Gasteiger partial charge in [0.05, 0.1) is 0 Å². The molecule has 0 atom stereocenters. The van der Waals surface area contributed by atoms with E-state index < -0.39 is 0 Å². The maximum atomic E-state index is 9.53. The Labute approximate surface area is 119 Å². The Balaban J connectivity index is 1.86. The van der Waals surface area contributed by atoms with Gasteiger partial charge in [-0.1, -0.05) is 12.1 Å². The number of thioether (sulfide) groups is 1. The van der Waals surface area contributed by atoms with Crippen LogP contribution in [0.15, 0.2) is 52.7 Å². The molecular formula is C15H12O2S2. The van der Waals surface area contributed by atoms with Crippen LogP contribution in [0.2, 0.25) is 0 Å². The molecule has 2 aromatic carbocycles. The van der Waals surface area contributed by atoms with Gasteiger partial charge >= 0.3 is 0 Å². The molecule has 0 saturated heterocycles. The molecule has 19 heavy (non-hydrogen) atoms. The fourth-order valence-electron chi connectivity index (χ4n) is 1.89. The molecule has 0 aliphatic rings. The van der Waals surface area contributed by atoms with Crippen molar-refractivity contribution in [3.05, 3.63) is 52.7 Å². The number of aromatic hydroxyl groups is 2. The first kappa shape index (κ1) is 12.4. The van der Waals surface area contributed by atoms with Crippen molar-refractivity contribution in [3.8, 4) is 11.5 Å². The van der Waals surface area contributed by atoms with Crippen LogP contribution in [0.5, 0.6) is 11.5 Å². The van der Waals surface area contributed by atoms with E-state index in [0.717, 1.165) is 21.4 Å². The van der Waals surface area contributed by atoms with Gasteiger partial charge in [-0.2, -0.15) is 0 Å². The van der Waals surface area contributed by atoms with Crippen LogP contribution in [0.1, 0.15) is 4.88 Å². The molecule has 2 nitrogen and oxygen atoms in total. The molecule has 0 fully saturated rings. The van der Waals surface area contributed by atoms with E-state index in [1.165, 1.54) is 4.88 Å². The van der Waals surface area contributed by atoms with Gasteiger partial charge in [0.1, 0.15) is 0 Å².